The molecule has 1 saturated heterocycles. The molecule has 1 aliphatic rings. The van der Waals surface area contributed by atoms with Crippen molar-refractivity contribution in [3.8, 4) is 11.6 Å². The number of aromatic nitrogens is 1. The number of nitrogens with one attached hydrogen (secondary N) is 1. The van der Waals surface area contributed by atoms with Gasteiger partial charge in [0.25, 0.3) is 5.91 Å². The predicted molar refractivity (Wildman–Crippen MR) is 94.7 cm³/mol. The highest BCUT2D eigenvalue weighted by Crippen LogP contribution is 2.28. The minimum atomic E-state index is -0.300. The van der Waals surface area contributed by atoms with Crippen LogP contribution >= 0.6 is 11.6 Å². The summed E-state index contributed by atoms with van der Waals surface area (Å²) in [6, 6.07) is 8.39. The molecule has 25 heavy (non-hydrogen) atoms. The minimum absolute atomic E-state index is 0.108. The Hall–Kier alpha value is -2.31. The highest BCUT2D eigenvalue weighted by molar-refractivity contribution is 6.31. The van der Waals surface area contributed by atoms with Gasteiger partial charge in [0.15, 0.2) is 0 Å². The summed E-state index contributed by atoms with van der Waals surface area (Å²) in [5.74, 6) is 0.736. The molecule has 3 rings (SSSR count). The molecule has 1 aromatic carbocycles. The van der Waals surface area contributed by atoms with Crippen molar-refractivity contribution in [1.82, 2.24) is 4.98 Å². The Morgan fingerprint density at radius 2 is 2.08 bits per heavy atom. The Morgan fingerprint density at radius 1 is 1.28 bits per heavy atom. The van der Waals surface area contributed by atoms with Crippen LogP contribution in [-0.2, 0) is 4.74 Å². The second-order valence-electron chi connectivity index (χ2n) is 5.61. The molecule has 2 heterocycles. The number of hydrogen-bond acceptors (Lipinski definition) is 5. The largest absolute Gasteiger partial charge is 0.495 e. The van der Waals surface area contributed by atoms with Crippen LogP contribution in [0.5, 0.6) is 11.6 Å². The Balaban J connectivity index is 1.65. The molecule has 7 heteroatoms. The first-order valence-electron chi connectivity index (χ1n) is 8.01. The fourth-order valence-corrected chi connectivity index (χ4v) is 2.69. The Kier molecular flexibility index (Phi) is 5.73. The Morgan fingerprint density at radius 3 is 2.76 bits per heavy atom. The van der Waals surface area contributed by atoms with Gasteiger partial charge in [-0.3, -0.25) is 4.79 Å². The van der Waals surface area contributed by atoms with Crippen LogP contribution in [0, 0.1) is 0 Å². The maximum atomic E-state index is 12.4. The van der Waals surface area contributed by atoms with E-state index in [1.165, 1.54) is 13.3 Å². The van der Waals surface area contributed by atoms with Crippen LogP contribution in [0.15, 0.2) is 36.5 Å². The SMILES string of the molecule is COc1ccc(Cl)cc1NC(=O)c1ccc(OC2CCOCC2)nc1. The molecule has 132 valence electrons. The number of carbonyl (C=O) groups is 1. The van der Waals surface area contributed by atoms with Crippen molar-refractivity contribution >= 4 is 23.2 Å². The summed E-state index contributed by atoms with van der Waals surface area (Å²) in [4.78, 5) is 16.6. The molecule has 0 spiro atoms. The number of anilines is 1. The molecule has 6 nitrogen and oxygen atoms in total. The van der Waals surface area contributed by atoms with Gasteiger partial charge in [0.05, 0.1) is 31.6 Å². The number of nitrogens with zero attached hydrogens (tertiary/aromatic N) is 1. The van der Waals surface area contributed by atoms with Crippen LogP contribution in [0.3, 0.4) is 0 Å². The summed E-state index contributed by atoms with van der Waals surface area (Å²) in [5, 5.41) is 3.28. The van der Waals surface area contributed by atoms with Crippen molar-refractivity contribution in [2.75, 3.05) is 25.6 Å². The third-order valence-corrected chi connectivity index (χ3v) is 4.10. The molecule has 1 aliphatic heterocycles. The number of hydrogen-bond donors (Lipinski definition) is 1. The molecule has 1 fully saturated rings. The van der Waals surface area contributed by atoms with E-state index in [1.54, 1.807) is 30.3 Å². The molecule has 0 atom stereocenters. The highest BCUT2D eigenvalue weighted by Gasteiger charge is 2.16. The van der Waals surface area contributed by atoms with Gasteiger partial charge in [-0.2, -0.15) is 0 Å². The van der Waals surface area contributed by atoms with E-state index in [1.807, 2.05) is 0 Å². The van der Waals surface area contributed by atoms with Crippen LogP contribution in [0.4, 0.5) is 5.69 Å². The molecule has 2 aromatic rings. The number of halogens is 1. The smallest absolute Gasteiger partial charge is 0.257 e. The van der Waals surface area contributed by atoms with Gasteiger partial charge >= 0.3 is 0 Å². The highest BCUT2D eigenvalue weighted by atomic mass is 35.5. The van der Waals surface area contributed by atoms with E-state index in [-0.39, 0.29) is 12.0 Å². The van der Waals surface area contributed by atoms with Crippen LogP contribution in [0.25, 0.3) is 0 Å². The topological polar surface area (TPSA) is 69.7 Å². The lowest BCUT2D eigenvalue weighted by molar-refractivity contribution is 0.0237. The zero-order valence-electron chi connectivity index (χ0n) is 13.8. The van der Waals surface area contributed by atoms with E-state index < -0.39 is 0 Å². The number of methoxy groups -OCH3 is 1. The lowest BCUT2D eigenvalue weighted by atomic mass is 10.1. The van der Waals surface area contributed by atoms with Gasteiger partial charge in [0, 0.05) is 30.1 Å². The number of amides is 1. The maximum Gasteiger partial charge on any atom is 0.257 e. The summed E-state index contributed by atoms with van der Waals surface area (Å²) in [6.07, 6.45) is 3.29. The van der Waals surface area contributed by atoms with Crippen molar-refractivity contribution in [2.45, 2.75) is 18.9 Å². The van der Waals surface area contributed by atoms with Crippen molar-refractivity contribution in [3.63, 3.8) is 0 Å². The van der Waals surface area contributed by atoms with Crippen molar-refractivity contribution in [2.24, 2.45) is 0 Å². The fraction of sp³-hybridized carbons (Fsp3) is 0.333. The monoisotopic (exact) mass is 362 g/mol. The molecular formula is C18H19ClN2O4. The van der Waals surface area contributed by atoms with Crippen LogP contribution in [0.1, 0.15) is 23.2 Å². The lowest BCUT2D eigenvalue weighted by Crippen LogP contribution is -2.26. The van der Waals surface area contributed by atoms with Crippen LogP contribution in [0.2, 0.25) is 5.02 Å². The maximum absolute atomic E-state index is 12.4. The molecule has 1 amide bonds. The van der Waals surface area contributed by atoms with E-state index in [0.29, 0.717) is 41.1 Å². The average Bonchev–Trinajstić information content (AvgIpc) is 2.63. The Labute approximate surface area is 151 Å². The number of benzene rings is 1. The Bertz CT molecular complexity index is 730. The van der Waals surface area contributed by atoms with E-state index in [0.717, 1.165) is 12.8 Å². The van der Waals surface area contributed by atoms with Crippen molar-refractivity contribution < 1.29 is 19.0 Å². The second kappa shape index (κ2) is 8.18. The molecule has 0 unspecified atom stereocenters. The molecule has 0 radical (unpaired) electrons. The number of carbonyl (C=O) groups excluding carboxylic acids is 1. The third kappa shape index (κ3) is 4.61. The quantitative estimate of drug-likeness (QED) is 0.880. The summed E-state index contributed by atoms with van der Waals surface area (Å²) < 4.78 is 16.3. The minimum Gasteiger partial charge on any atom is -0.495 e. The first-order valence-corrected chi connectivity index (χ1v) is 8.39. The number of rotatable bonds is 5. The van der Waals surface area contributed by atoms with Gasteiger partial charge in [-0.1, -0.05) is 11.6 Å². The predicted octanol–water partition coefficient (Wildman–Crippen LogP) is 3.55. The van der Waals surface area contributed by atoms with Gasteiger partial charge < -0.3 is 19.5 Å². The summed E-state index contributed by atoms with van der Waals surface area (Å²) in [6.45, 7) is 1.40. The molecule has 0 saturated carbocycles. The molecular weight excluding hydrogens is 344 g/mol. The zero-order valence-corrected chi connectivity index (χ0v) is 14.6. The van der Waals surface area contributed by atoms with Gasteiger partial charge in [-0.05, 0) is 24.3 Å². The van der Waals surface area contributed by atoms with Gasteiger partial charge in [-0.25, -0.2) is 4.98 Å². The van der Waals surface area contributed by atoms with E-state index in [2.05, 4.69) is 10.3 Å². The molecule has 1 N–H and O–H groups in total. The van der Waals surface area contributed by atoms with Crippen LogP contribution in [-0.4, -0.2) is 37.3 Å². The van der Waals surface area contributed by atoms with E-state index >= 15 is 0 Å². The summed E-state index contributed by atoms with van der Waals surface area (Å²) in [7, 11) is 1.53. The average molecular weight is 363 g/mol. The lowest BCUT2D eigenvalue weighted by Gasteiger charge is -2.22. The normalized spacial score (nSPS) is 14.8. The van der Waals surface area contributed by atoms with E-state index in [4.69, 9.17) is 25.8 Å². The fourth-order valence-electron chi connectivity index (χ4n) is 2.52. The number of pyridine rings is 1. The van der Waals surface area contributed by atoms with Gasteiger partial charge in [0.2, 0.25) is 5.88 Å². The van der Waals surface area contributed by atoms with Crippen molar-refractivity contribution in [1.29, 1.82) is 0 Å². The number of ether oxygens (including phenoxy) is 3. The summed E-state index contributed by atoms with van der Waals surface area (Å²) >= 11 is 5.97. The second-order valence-corrected chi connectivity index (χ2v) is 6.05. The molecule has 0 bridgehead atoms. The van der Waals surface area contributed by atoms with Crippen molar-refractivity contribution in [3.05, 3.63) is 47.1 Å². The first kappa shape index (κ1) is 17.5. The molecule has 0 aliphatic carbocycles. The standard InChI is InChI=1S/C18H19ClN2O4/c1-23-16-4-3-13(19)10-15(16)21-18(22)12-2-5-17(20-11-12)25-14-6-8-24-9-7-14/h2-5,10-11,14H,6-9H2,1H3,(H,21,22). The first-order chi connectivity index (χ1) is 12.2. The summed E-state index contributed by atoms with van der Waals surface area (Å²) in [5.41, 5.74) is 0.920. The van der Waals surface area contributed by atoms with Crippen LogP contribution < -0.4 is 14.8 Å². The molecule has 1 aromatic heterocycles. The van der Waals surface area contributed by atoms with Gasteiger partial charge in [-0.15, -0.1) is 0 Å². The van der Waals surface area contributed by atoms with E-state index in [9.17, 15) is 4.79 Å². The zero-order chi connectivity index (χ0) is 17.6. The van der Waals surface area contributed by atoms with Gasteiger partial charge in [0.1, 0.15) is 11.9 Å². The third-order valence-electron chi connectivity index (χ3n) is 3.86.